The highest BCUT2D eigenvalue weighted by Crippen LogP contribution is 2.23. The molecule has 4 rings (SSSR count). The number of pyridine rings is 1. The molecular formula is C22H23BrN2O2. The van der Waals surface area contributed by atoms with Gasteiger partial charge in [-0.1, -0.05) is 36.4 Å². The lowest BCUT2D eigenvalue weighted by Crippen LogP contribution is -2.38. The molecule has 27 heavy (non-hydrogen) atoms. The number of benzene rings is 2. The summed E-state index contributed by atoms with van der Waals surface area (Å²) >= 11 is 3.60. The Labute approximate surface area is 167 Å². The molecule has 0 unspecified atom stereocenters. The number of para-hydroxylation sites is 1. The molecule has 3 aromatic rings. The van der Waals surface area contributed by atoms with Gasteiger partial charge in [-0.15, -0.1) is 0 Å². The van der Waals surface area contributed by atoms with Crippen LogP contribution >= 0.6 is 15.9 Å². The van der Waals surface area contributed by atoms with Crippen LogP contribution in [0.3, 0.4) is 0 Å². The van der Waals surface area contributed by atoms with Crippen molar-refractivity contribution in [2.45, 2.75) is 32.2 Å². The van der Waals surface area contributed by atoms with Crippen LogP contribution < -0.4 is 5.43 Å². The van der Waals surface area contributed by atoms with Gasteiger partial charge in [-0.3, -0.25) is 9.69 Å². The maximum Gasteiger partial charge on any atom is 0.189 e. The largest absolute Gasteiger partial charge is 0.373 e. The van der Waals surface area contributed by atoms with Gasteiger partial charge >= 0.3 is 0 Å². The standard InChI is InChI=1S/C22H23BrN2O2/c23-20-8-4-7-19-21(26)11-14-25(22(19)20)16-24-12-9-18(10-13-24)27-15-17-5-2-1-3-6-17/h1-8,11,14,18H,9-10,12-13,15-16H2. The number of rotatable bonds is 5. The molecule has 1 aliphatic rings. The molecule has 1 saturated heterocycles. The number of halogens is 1. The number of likely N-dealkylation sites (tertiary alicyclic amines) is 1. The minimum atomic E-state index is 0.0653. The van der Waals surface area contributed by atoms with E-state index in [1.807, 2.05) is 42.6 Å². The van der Waals surface area contributed by atoms with E-state index in [2.05, 4.69) is 37.5 Å². The van der Waals surface area contributed by atoms with Gasteiger partial charge in [0.1, 0.15) is 0 Å². The van der Waals surface area contributed by atoms with Crippen molar-refractivity contribution in [3.63, 3.8) is 0 Å². The summed E-state index contributed by atoms with van der Waals surface area (Å²) in [5.74, 6) is 0. The molecule has 0 atom stereocenters. The first-order valence-corrected chi connectivity index (χ1v) is 10.2. The Morgan fingerprint density at radius 1 is 1.00 bits per heavy atom. The minimum absolute atomic E-state index is 0.0653. The number of hydrogen-bond donors (Lipinski definition) is 0. The Hall–Kier alpha value is -1.95. The van der Waals surface area contributed by atoms with E-state index >= 15 is 0 Å². The molecule has 4 nitrogen and oxygen atoms in total. The summed E-state index contributed by atoms with van der Waals surface area (Å²) in [5.41, 5.74) is 2.26. The maximum absolute atomic E-state index is 12.1. The lowest BCUT2D eigenvalue weighted by atomic mass is 10.1. The van der Waals surface area contributed by atoms with Gasteiger partial charge < -0.3 is 9.30 Å². The zero-order chi connectivity index (χ0) is 18.6. The van der Waals surface area contributed by atoms with E-state index < -0.39 is 0 Å². The number of aromatic nitrogens is 1. The summed E-state index contributed by atoms with van der Waals surface area (Å²) in [7, 11) is 0. The molecule has 2 heterocycles. The molecule has 0 amide bonds. The number of nitrogens with zero attached hydrogens (tertiary/aromatic N) is 2. The molecule has 0 aliphatic carbocycles. The maximum atomic E-state index is 12.1. The molecule has 2 aromatic carbocycles. The van der Waals surface area contributed by atoms with Crippen molar-refractivity contribution in [2.75, 3.05) is 13.1 Å². The van der Waals surface area contributed by atoms with E-state index in [0.717, 1.165) is 48.0 Å². The predicted molar refractivity (Wildman–Crippen MR) is 112 cm³/mol. The highest BCUT2D eigenvalue weighted by atomic mass is 79.9. The monoisotopic (exact) mass is 426 g/mol. The Balaban J connectivity index is 1.38. The van der Waals surface area contributed by atoms with Crippen LogP contribution in [-0.4, -0.2) is 28.7 Å². The van der Waals surface area contributed by atoms with Crippen molar-refractivity contribution >= 4 is 26.8 Å². The van der Waals surface area contributed by atoms with Crippen molar-refractivity contribution in [1.29, 1.82) is 0 Å². The van der Waals surface area contributed by atoms with Crippen molar-refractivity contribution in [3.8, 4) is 0 Å². The second-order valence-corrected chi connectivity index (χ2v) is 7.90. The molecule has 5 heteroatoms. The Bertz CT molecular complexity index is 963. The summed E-state index contributed by atoms with van der Waals surface area (Å²) in [5, 5.41) is 0.757. The van der Waals surface area contributed by atoms with Crippen LogP contribution in [0.5, 0.6) is 0 Å². The molecular weight excluding hydrogens is 404 g/mol. The van der Waals surface area contributed by atoms with E-state index in [1.165, 1.54) is 5.56 Å². The average Bonchev–Trinajstić information content (AvgIpc) is 2.71. The van der Waals surface area contributed by atoms with Crippen molar-refractivity contribution in [3.05, 3.63) is 81.1 Å². The van der Waals surface area contributed by atoms with E-state index in [9.17, 15) is 4.79 Å². The van der Waals surface area contributed by atoms with Gasteiger partial charge in [-0.05, 0) is 46.5 Å². The first-order valence-electron chi connectivity index (χ1n) is 9.36. The van der Waals surface area contributed by atoms with Crippen LogP contribution in [0.4, 0.5) is 0 Å². The van der Waals surface area contributed by atoms with Crippen LogP contribution in [0.2, 0.25) is 0 Å². The van der Waals surface area contributed by atoms with Gasteiger partial charge in [-0.25, -0.2) is 0 Å². The van der Waals surface area contributed by atoms with Crippen molar-refractivity contribution in [2.24, 2.45) is 0 Å². The predicted octanol–water partition coefficient (Wildman–Crippen LogP) is 4.40. The van der Waals surface area contributed by atoms with E-state index in [0.29, 0.717) is 12.7 Å². The van der Waals surface area contributed by atoms with Gasteiger partial charge in [0.15, 0.2) is 5.43 Å². The zero-order valence-corrected chi connectivity index (χ0v) is 16.8. The highest BCUT2D eigenvalue weighted by Gasteiger charge is 2.20. The first kappa shape index (κ1) is 18.4. The Morgan fingerprint density at radius 3 is 2.56 bits per heavy atom. The van der Waals surface area contributed by atoms with E-state index in [1.54, 1.807) is 6.07 Å². The third-order valence-corrected chi connectivity index (χ3v) is 5.80. The number of fused-ring (bicyclic) bond motifs is 1. The zero-order valence-electron chi connectivity index (χ0n) is 15.2. The SMILES string of the molecule is O=c1ccn(CN2CCC(OCc3ccccc3)CC2)c2c(Br)cccc12. The van der Waals surface area contributed by atoms with Crippen LogP contribution in [0.25, 0.3) is 10.9 Å². The van der Waals surface area contributed by atoms with Crippen molar-refractivity contribution < 1.29 is 4.74 Å². The van der Waals surface area contributed by atoms with Crippen LogP contribution in [0.15, 0.2) is 70.1 Å². The summed E-state index contributed by atoms with van der Waals surface area (Å²) in [6, 6.07) is 17.8. The lowest BCUT2D eigenvalue weighted by Gasteiger charge is -2.32. The number of ether oxygens (including phenoxy) is 1. The summed E-state index contributed by atoms with van der Waals surface area (Å²) in [6.07, 6.45) is 4.28. The summed E-state index contributed by atoms with van der Waals surface area (Å²) < 4.78 is 9.21. The topological polar surface area (TPSA) is 34.5 Å². The highest BCUT2D eigenvalue weighted by molar-refractivity contribution is 9.10. The van der Waals surface area contributed by atoms with Gasteiger partial charge in [0.2, 0.25) is 0 Å². The second kappa shape index (κ2) is 8.38. The second-order valence-electron chi connectivity index (χ2n) is 7.04. The van der Waals surface area contributed by atoms with Gasteiger partial charge in [-0.2, -0.15) is 0 Å². The molecule has 1 fully saturated rings. The fourth-order valence-electron chi connectivity index (χ4n) is 3.67. The molecule has 0 N–H and O–H groups in total. The molecule has 1 aromatic heterocycles. The van der Waals surface area contributed by atoms with Crippen LogP contribution in [0, 0.1) is 0 Å². The summed E-state index contributed by atoms with van der Waals surface area (Å²) in [6.45, 7) is 3.46. The number of hydrogen-bond acceptors (Lipinski definition) is 3. The smallest absolute Gasteiger partial charge is 0.189 e. The molecule has 0 spiro atoms. The first-order chi connectivity index (χ1) is 13.2. The molecule has 0 radical (unpaired) electrons. The summed E-state index contributed by atoms with van der Waals surface area (Å²) in [4.78, 5) is 14.6. The van der Waals surface area contributed by atoms with Gasteiger partial charge in [0, 0.05) is 35.2 Å². The minimum Gasteiger partial charge on any atom is -0.373 e. The van der Waals surface area contributed by atoms with Crippen molar-refractivity contribution in [1.82, 2.24) is 9.47 Å². The fourth-order valence-corrected chi connectivity index (χ4v) is 4.26. The van der Waals surface area contributed by atoms with Crippen LogP contribution in [-0.2, 0) is 18.0 Å². The van der Waals surface area contributed by atoms with Gasteiger partial charge in [0.25, 0.3) is 0 Å². The molecule has 140 valence electrons. The Kier molecular flexibility index (Phi) is 5.72. The van der Waals surface area contributed by atoms with E-state index in [4.69, 9.17) is 4.74 Å². The third kappa shape index (κ3) is 4.32. The van der Waals surface area contributed by atoms with Crippen LogP contribution in [0.1, 0.15) is 18.4 Å². The number of piperidine rings is 1. The molecule has 0 saturated carbocycles. The average molecular weight is 427 g/mol. The lowest BCUT2D eigenvalue weighted by molar-refractivity contribution is -0.00793. The normalized spacial score (nSPS) is 16.0. The van der Waals surface area contributed by atoms with Gasteiger partial charge in [0.05, 0.1) is 24.9 Å². The third-order valence-electron chi connectivity index (χ3n) is 5.16. The molecule has 0 bridgehead atoms. The quantitative estimate of drug-likeness (QED) is 0.606. The van der Waals surface area contributed by atoms with E-state index in [-0.39, 0.29) is 5.43 Å². The fraction of sp³-hybridized carbons (Fsp3) is 0.318. The Morgan fingerprint density at radius 2 is 1.78 bits per heavy atom. The molecule has 1 aliphatic heterocycles.